The average Bonchev–Trinajstić information content (AvgIpc) is 2.56. The van der Waals surface area contributed by atoms with E-state index in [-0.39, 0.29) is 6.03 Å². The van der Waals surface area contributed by atoms with Gasteiger partial charge in [-0.25, -0.2) is 9.78 Å². The van der Waals surface area contributed by atoms with Crippen molar-refractivity contribution in [1.82, 2.24) is 15.3 Å². The SMILES string of the molecule is CCNC(=O)Nc1cc2c(-c3cccnc3)ccc(C)c2cn1. The average molecular weight is 306 g/mol. The quantitative estimate of drug-likeness (QED) is 0.774. The van der Waals surface area contributed by atoms with Gasteiger partial charge in [-0.2, -0.15) is 0 Å². The lowest BCUT2D eigenvalue weighted by Crippen LogP contribution is -2.28. The molecule has 2 amide bonds. The zero-order chi connectivity index (χ0) is 16.2. The number of benzene rings is 1. The minimum absolute atomic E-state index is 0.255. The Bertz CT molecular complexity index is 846. The molecule has 2 heterocycles. The molecule has 0 spiro atoms. The summed E-state index contributed by atoms with van der Waals surface area (Å²) in [6, 6.07) is 9.73. The van der Waals surface area contributed by atoms with Crippen LogP contribution in [0, 0.1) is 6.92 Å². The van der Waals surface area contributed by atoms with Gasteiger partial charge in [0.2, 0.25) is 0 Å². The second-order valence-electron chi connectivity index (χ2n) is 5.27. The Labute approximate surface area is 134 Å². The number of carbonyl (C=O) groups excluding carboxylic acids is 1. The van der Waals surface area contributed by atoms with Gasteiger partial charge in [-0.3, -0.25) is 10.3 Å². The van der Waals surface area contributed by atoms with E-state index >= 15 is 0 Å². The lowest BCUT2D eigenvalue weighted by Gasteiger charge is -2.11. The van der Waals surface area contributed by atoms with Crippen LogP contribution < -0.4 is 10.6 Å². The highest BCUT2D eigenvalue weighted by molar-refractivity contribution is 6.00. The van der Waals surface area contributed by atoms with Gasteiger partial charge in [-0.1, -0.05) is 18.2 Å². The van der Waals surface area contributed by atoms with E-state index in [0.717, 1.165) is 27.5 Å². The minimum atomic E-state index is -0.255. The smallest absolute Gasteiger partial charge is 0.320 e. The first-order valence-electron chi connectivity index (χ1n) is 7.53. The summed E-state index contributed by atoms with van der Waals surface area (Å²) >= 11 is 0. The summed E-state index contributed by atoms with van der Waals surface area (Å²) in [5, 5.41) is 7.56. The van der Waals surface area contributed by atoms with Crippen molar-refractivity contribution in [3.63, 3.8) is 0 Å². The number of fused-ring (bicyclic) bond motifs is 1. The predicted octanol–water partition coefficient (Wildman–Crippen LogP) is 3.75. The maximum absolute atomic E-state index is 11.7. The molecule has 0 bridgehead atoms. The molecular weight excluding hydrogens is 288 g/mol. The number of aromatic nitrogens is 2. The van der Waals surface area contributed by atoms with Gasteiger partial charge in [0.25, 0.3) is 0 Å². The second-order valence-corrected chi connectivity index (χ2v) is 5.27. The number of rotatable bonds is 3. The van der Waals surface area contributed by atoms with Crippen molar-refractivity contribution in [2.24, 2.45) is 0 Å². The molecule has 0 fully saturated rings. The summed E-state index contributed by atoms with van der Waals surface area (Å²) in [5.74, 6) is 0.527. The Morgan fingerprint density at radius 1 is 1.17 bits per heavy atom. The van der Waals surface area contributed by atoms with Crippen molar-refractivity contribution in [3.8, 4) is 11.1 Å². The molecule has 0 aliphatic carbocycles. The van der Waals surface area contributed by atoms with Crippen molar-refractivity contribution in [3.05, 3.63) is 54.5 Å². The summed E-state index contributed by atoms with van der Waals surface area (Å²) in [5.41, 5.74) is 3.25. The number of aryl methyl sites for hydroxylation is 1. The Balaban J connectivity index is 2.10. The van der Waals surface area contributed by atoms with E-state index in [0.29, 0.717) is 12.4 Å². The highest BCUT2D eigenvalue weighted by Crippen LogP contribution is 2.31. The van der Waals surface area contributed by atoms with Gasteiger partial charge in [0.15, 0.2) is 0 Å². The molecule has 0 radical (unpaired) electrons. The summed E-state index contributed by atoms with van der Waals surface area (Å²) in [7, 11) is 0. The molecule has 5 nitrogen and oxygen atoms in total. The van der Waals surface area contributed by atoms with Crippen LogP contribution in [0.2, 0.25) is 0 Å². The van der Waals surface area contributed by atoms with Gasteiger partial charge < -0.3 is 5.32 Å². The van der Waals surface area contributed by atoms with Crippen LogP contribution in [-0.2, 0) is 0 Å². The van der Waals surface area contributed by atoms with Gasteiger partial charge in [0.05, 0.1) is 0 Å². The highest BCUT2D eigenvalue weighted by Gasteiger charge is 2.09. The third-order valence-electron chi connectivity index (χ3n) is 3.67. The standard InChI is InChI=1S/C18H18N4O/c1-3-20-18(23)22-17-9-15-14(13-5-4-8-19-10-13)7-6-12(2)16(15)11-21-17/h4-11H,3H2,1-2H3,(H2,20,21,22,23). The molecule has 1 aromatic carbocycles. The zero-order valence-corrected chi connectivity index (χ0v) is 13.1. The van der Waals surface area contributed by atoms with Crippen LogP contribution in [-0.4, -0.2) is 22.5 Å². The van der Waals surface area contributed by atoms with Gasteiger partial charge in [-0.05, 0) is 42.5 Å². The van der Waals surface area contributed by atoms with E-state index in [9.17, 15) is 4.79 Å². The highest BCUT2D eigenvalue weighted by atomic mass is 16.2. The van der Waals surface area contributed by atoms with Crippen molar-refractivity contribution < 1.29 is 4.79 Å². The van der Waals surface area contributed by atoms with Crippen LogP contribution >= 0.6 is 0 Å². The van der Waals surface area contributed by atoms with E-state index < -0.39 is 0 Å². The summed E-state index contributed by atoms with van der Waals surface area (Å²) < 4.78 is 0. The first-order valence-corrected chi connectivity index (χ1v) is 7.53. The Morgan fingerprint density at radius 3 is 2.78 bits per heavy atom. The molecule has 2 aromatic heterocycles. The van der Waals surface area contributed by atoms with Gasteiger partial charge in [0, 0.05) is 36.1 Å². The molecule has 2 N–H and O–H groups in total. The molecule has 0 saturated heterocycles. The summed E-state index contributed by atoms with van der Waals surface area (Å²) in [4.78, 5) is 20.2. The molecule has 5 heteroatoms. The molecule has 0 unspecified atom stereocenters. The van der Waals surface area contributed by atoms with Crippen LogP contribution in [0.4, 0.5) is 10.6 Å². The number of nitrogens with one attached hydrogen (secondary N) is 2. The third-order valence-corrected chi connectivity index (χ3v) is 3.67. The fraction of sp³-hybridized carbons (Fsp3) is 0.167. The van der Waals surface area contributed by atoms with Crippen LogP contribution in [0.15, 0.2) is 48.9 Å². The number of hydrogen-bond acceptors (Lipinski definition) is 3. The molecule has 23 heavy (non-hydrogen) atoms. The normalized spacial score (nSPS) is 10.5. The second kappa shape index (κ2) is 6.44. The lowest BCUT2D eigenvalue weighted by atomic mass is 9.98. The number of anilines is 1. The van der Waals surface area contributed by atoms with Crippen molar-refractivity contribution in [2.75, 3.05) is 11.9 Å². The largest absolute Gasteiger partial charge is 0.338 e. The fourth-order valence-electron chi connectivity index (χ4n) is 2.54. The van der Waals surface area contributed by atoms with E-state index in [1.54, 1.807) is 12.4 Å². The van der Waals surface area contributed by atoms with Crippen LogP contribution in [0.25, 0.3) is 21.9 Å². The molecule has 0 atom stereocenters. The lowest BCUT2D eigenvalue weighted by molar-refractivity contribution is 0.252. The maximum Gasteiger partial charge on any atom is 0.320 e. The van der Waals surface area contributed by atoms with Crippen molar-refractivity contribution in [1.29, 1.82) is 0 Å². The third kappa shape index (κ3) is 3.13. The van der Waals surface area contributed by atoms with Gasteiger partial charge in [0.1, 0.15) is 5.82 Å². The number of nitrogens with zero attached hydrogens (tertiary/aromatic N) is 2. The number of urea groups is 1. The first-order chi connectivity index (χ1) is 11.2. The van der Waals surface area contributed by atoms with Crippen molar-refractivity contribution >= 4 is 22.6 Å². The van der Waals surface area contributed by atoms with Crippen LogP contribution in [0.3, 0.4) is 0 Å². The Morgan fingerprint density at radius 2 is 2.04 bits per heavy atom. The molecule has 0 aliphatic heterocycles. The molecule has 0 saturated carbocycles. The summed E-state index contributed by atoms with van der Waals surface area (Å²) in [6.07, 6.45) is 5.39. The topological polar surface area (TPSA) is 66.9 Å². The van der Waals surface area contributed by atoms with E-state index in [2.05, 4.69) is 32.7 Å². The molecule has 3 rings (SSSR count). The number of pyridine rings is 2. The van der Waals surface area contributed by atoms with Gasteiger partial charge in [-0.15, -0.1) is 0 Å². The monoisotopic (exact) mass is 306 g/mol. The fourth-order valence-corrected chi connectivity index (χ4v) is 2.54. The number of hydrogen-bond donors (Lipinski definition) is 2. The predicted molar refractivity (Wildman–Crippen MR) is 92.4 cm³/mol. The molecule has 3 aromatic rings. The first kappa shape index (κ1) is 15.0. The number of carbonyl (C=O) groups is 1. The van der Waals surface area contributed by atoms with E-state index in [4.69, 9.17) is 0 Å². The zero-order valence-electron chi connectivity index (χ0n) is 13.1. The van der Waals surface area contributed by atoms with Gasteiger partial charge >= 0.3 is 6.03 Å². The molecule has 0 aliphatic rings. The van der Waals surface area contributed by atoms with E-state index in [1.165, 1.54) is 0 Å². The maximum atomic E-state index is 11.7. The Kier molecular flexibility index (Phi) is 4.19. The summed E-state index contributed by atoms with van der Waals surface area (Å²) in [6.45, 7) is 4.49. The van der Waals surface area contributed by atoms with Crippen LogP contribution in [0.1, 0.15) is 12.5 Å². The number of amides is 2. The minimum Gasteiger partial charge on any atom is -0.338 e. The van der Waals surface area contributed by atoms with E-state index in [1.807, 2.05) is 38.2 Å². The van der Waals surface area contributed by atoms with Crippen LogP contribution in [0.5, 0.6) is 0 Å². The Hall–Kier alpha value is -2.95. The van der Waals surface area contributed by atoms with Crippen molar-refractivity contribution in [2.45, 2.75) is 13.8 Å². The molecular formula is C18H18N4O. The molecule has 116 valence electrons.